The van der Waals surface area contributed by atoms with E-state index in [1.165, 1.54) is 12.5 Å². The number of benzene rings is 2. The highest BCUT2D eigenvalue weighted by molar-refractivity contribution is 5.36. The number of hydrogen-bond donors (Lipinski definition) is 0. The van der Waals surface area contributed by atoms with Crippen molar-refractivity contribution in [1.29, 1.82) is 0 Å². The van der Waals surface area contributed by atoms with Crippen LogP contribution in [0.3, 0.4) is 0 Å². The molecule has 0 aliphatic carbocycles. The van der Waals surface area contributed by atoms with Gasteiger partial charge in [-0.25, -0.2) is 0 Å². The van der Waals surface area contributed by atoms with E-state index in [1.54, 1.807) is 0 Å². The molecule has 0 spiro atoms. The lowest BCUT2D eigenvalue weighted by molar-refractivity contribution is 0.0557. The summed E-state index contributed by atoms with van der Waals surface area (Å²) in [6, 6.07) is 15.7. The highest BCUT2D eigenvalue weighted by atomic mass is 16.5. The fourth-order valence-electron chi connectivity index (χ4n) is 2.54. The number of ether oxygens (including phenoxy) is 3. The summed E-state index contributed by atoms with van der Waals surface area (Å²) in [5.74, 6) is 1.54. The lowest BCUT2D eigenvalue weighted by atomic mass is 9.98. The third-order valence-electron chi connectivity index (χ3n) is 4.09. The molecule has 0 amide bonds. The van der Waals surface area contributed by atoms with Gasteiger partial charge in [0.1, 0.15) is 22.7 Å². The first kappa shape index (κ1) is 18.7. The molecule has 2 aromatic carbocycles. The Labute approximate surface area is 150 Å². The van der Waals surface area contributed by atoms with Crippen molar-refractivity contribution in [2.24, 2.45) is 0 Å². The van der Waals surface area contributed by atoms with Gasteiger partial charge in [-0.05, 0) is 63.1 Å². The summed E-state index contributed by atoms with van der Waals surface area (Å²) in [6.07, 6.45) is 2.92. The fourth-order valence-corrected chi connectivity index (χ4v) is 2.54. The second kappa shape index (κ2) is 7.47. The summed E-state index contributed by atoms with van der Waals surface area (Å²) < 4.78 is 17.0. The van der Waals surface area contributed by atoms with Crippen molar-refractivity contribution < 1.29 is 14.2 Å². The third-order valence-corrected chi connectivity index (χ3v) is 4.09. The molecule has 0 bridgehead atoms. The van der Waals surface area contributed by atoms with Gasteiger partial charge < -0.3 is 14.2 Å². The van der Waals surface area contributed by atoms with E-state index in [0.717, 1.165) is 22.6 Å². The van der Waals surface area contributed by atoms with Gasteiger partial charge in [-0.3, -0.25) is 0 Å². The lowest BCUT2D eigenvalue weighted by Crippen LogP contribution is -2.18. The highest BCUT2D eigenvalue weighted by Crippen LogP contribution is 2.30. The minimum atomic E-state index is -0.418. The smallest absolute Gasteiger partial charge is 0.127 e. The van der Waals surface area contributed by atoms with Crippen LogP contribution in [0.15, 0.2) is 74.2 Å². The third kappa shape index (κ3) is 4.66. The van der Waals surface area contributed by atoms with Crippen LogP contribution in [0, 0.1) is 0 Å². The topological polar surface area (TPSA) is 27.7 Å². The molecular weight excluding hydrogens is 312 g/mol. The van der Waals surface area contributed by atoms with Crippen molar-refractivity contribution in [3.05, 3.63) is 85.3 Å². The summed E-state index contributed by atoms with van der Waals surface area (Å²) >= 11 is 0. The molecule has 132 valence electrons. The normalized spacial score (nSPS) is 11.5. The van der Waals surface area contributed by atoms with Crippen molar-refractivity contribution in [1.82, 2.24) is 0 Å². The van der Waals surface area contributed by atoms with Gasteiger partial charge in [0.05, 0.1) is 12.5 Å². The summed E-state index contributed by atoms with van der Waals surface area (Å²) in [5, 5.41) is 0. The average molecular weight is 338 g/mol. The highest BCUT2D eigenvalue weighted by Gasteiger charge is 2.21. The van der Waals surface area contributed by atoms with Crippen LogP contribution in [0.2, 0.25) is 0 Å². The predicted molar refractivity (Wildman–Crippen MR) is 102 cm³/mol. The van der Waals surface area contributed by atoms with Crippen LogP contribution in [-0.2, 0) is 20.7 Å². The van der Waals surface area contributed by atoms with Gasteiger partial charge in [0, 0.05) is 0 Å². The Hall–Kier alpha value is -2.68. The summed E-state index contributed by atoms with van der Waals surface area (Å²) in [5.41, 5.74) is 1.27. The van der Waals surface area contributed by atoms with Gasteiger partial charge in [-0.15, -0.1) is 0 Å². The molecule has 3 nitrogen and oxygen atoms in total. The molecule has 0 unspecified atom stereocenters. The van der Waals surface area contributed by atoms with Gasteiger partial charge >= 0.3 is 0 Å². The molecule has 0 saturated carbocycles. The summed E-state index contributed by atoms with van der Waals surface area (Å²) in [4.78, 5) is 0. The second-order valence-corrected chi connectivity index (χ2v) is 6.74. The monoisotopic (exact) mass is 338 g/mol. The maximum Gasteiger partial charge on any atom is 0.127 e. The first-order chi connectivity index (χ1) is 11.8. The predicted octanol–water partition coefficient (Wildman–Crippen LogP) is 6.27. The number of hydrogen-bond acceptors (Lipinski definition) is 3. The molecule has 0 N–H and O–H groups in total. The molecule has 25 heavy (non-hydrogen) atoms. The molecule has 0 atom stereocenters. The van der Waals surface area contributed by atoms with Crippen LogP contribution in [0.25, 0.3) is 0 Å². The molecule has 0 fully saturated rings. The van der Waals surface area contributed by atoms with Gasteiger partial charge in [-0.1, -0.05) is 37.4 Å². The van der Waals surface area contributed by atoms with Crippen LogP contribution in [0.1, 0.15) is 38.8 Å². The maximum absolute atomic E-state index is 5.91. The van der Waals surface area contributed by atoms with Crippen LogP contribution in [0.4, 0.5) is 0 Å². The SMILES string of the molecule is C=COC(C)(C)c1ccc(Oc2ccc(C(C)(C)OC=C)cc2)cc1. The molecule has 0 saturated heterocycles. The van der Waals surface area contributed by atoms with E-state index in [-0.39, 0.29) is 0 Å². The second-order valence-electron chi connectivity index (χ2n) is 6.74. The van der Waals surface area contributed by atoms with Crippen molar-refractivity contribution >= 4 is 0 Å². The van der Waals surface area contributed by atoms with Crippen molar-refractivity contribution in [3.63, 3.8) is 0 Å². The maximum atomic E-state index is 5.91. The van der Waals surface area contributed by atoms with Crippen LogP contribution >= 0.6 is 0 Å². The quantitative estimate of drug-likeness (QED) is 0.531. The van der Waals surface area contributed by atoms with Gasteiger partial charge in [0.2, 0.25) is 0 Å². The zero-order valence-electron chi connectivity index (χ0n) is 15.4. The van der Waals surface area contributed by atoms with Crippen molar-refractivity contribution in [3.8, 4) is 11.5 Å². The minimum Gasteiger partial charge on any atom is -0.491 e. The first-order valence-electron chi connectivity index (χ1n) is 8.25. The molecule has 0 aliphatic heterocycles. The van der Waals surface area contributed by atoms with E-state index in [9.17, 15) is 0 Å². The van der Waals surface area contributed by atoms with E-state index in [1.807, 2.05) is 76.2 Å². The zero-order valence-corrected chi connectivity index (χ0v) is 15.4. The Bertz CT molecular complexity index is 646. The number of rotatable bonds is 8. The van der Waals surface area contributed by atoms with E-state index in [2.05, 4.69) is 13.2 Å². The summed E-state index contributed by atoms with van der Waals surface area (Å²) in [7, 11) is 0. The Morgan fingerprint density at radius 1 is 0.640 bits per heavy atom. The molecule has 0 radical (unpaired) electrons. The molecule has 0 heterocycles. The van der Waals surface area contributed by atoms with Crippen molar-refractivity contribution in [2.75, 3.05) is 0 Å². The van der Waals surface area contributed by atoms with Crippen LogP contribution in [-0.4, -0.2) is 0 Å². The minimum absolute atomic E-state index is 0.418. The van der Waals surface area contributed by atoms with E-state index in [0.29, 0.717) is 0 Å². The average Bonchev–Trinajstić information content (AvgIpc) is 2.56. The fraction of sp³-hybridized carbons (Fsp3) is 0.273. The van der Waals surface area contributed by atoms with Gasteiger partial charge in [0.15, 0.2) is 0 Å². The van der Waals surface area contributed by atoms with E-state index < -0.39 is 11.2 Å². The summed E-state index contributed by atoms with van der Waals surface area (Å²) in [6.45, 7) is 15.2. The van der Waals surface area contributed by atoms with E-state index >= 15 is 0 Å². The molecule has 0 aliphatic rings. The Kier molecular flexibility index (Phi) is 5.58. The first-order valence-corrected chi connectivity index (χ1v) is 8.25. The van der Waals surface area contributed by atoms with Crippen LogP contribution in [0.5, 0.6) is 11.5 Å². The largest absolute Gasteiger partial charge is 0.491 e. The standard InChI is InChI=1S/C22H26O3/c1-7-23-21(3,4)17-9-13-19(14-10-17)25-20-15-11-18(12-16-20)22(5,6)24-8-2/h7-16H,1-2H2,3-6H3. The van der Waals surface area contributed by atoms with E-state index in [4.69, 9.17) is 14.2 Å². The molecule has 2 rings (SSSR count). The van der Waals surface area contributed by atoms with Gasteiger partial charge in [0.25, 0.3) is 0 Å². The Morgan fingerprint density at radius 2 is 0.960 bits per heavy atom. The Balaban J connectivity index is 2.10. The lowest BCUT2D eigenvalue weighted by Gasteiger charge is -2.25. The zero-order chi connectivity index (χ0) is 18.5. The molecule has 0 aromatic heterocycles. The Morgan fingerprint density at radius 3 is 1.24 bits per heavy atom. The van der Waals surface area contributed by atoms with Gasteiger partial charge in [-0.2, -0.15) is 0 Å². The van der Waals surface area contributed by atoms with Crippen LogP contribution < -0.4 is 4.74 Å². The molecular formula is C22H26O3. The molecule has 3 heteroatoms. The molecule has 2 aromatic rings. The van der Waals surface area contributed by atoms with Crippen molar-refractivity contribution in [2.45, 2.75) is 38.9 Å².